The first-order chi connectivity index (χ1) is 21.7. The number of carbonyl (C=O) groups excluding carboxylic acids is 2. The number of fused-ring (bicyclic) bond motifs is 1. The van der Waals surface area contributed by atoms with Crippen molar-refractivity contribution < 1.29 is 23.1 Å². The number of rotatable bonds is 8. The molecule has 45 heavy (non-hydrogen) atoms. The number of alkyl halides is 2. The van der Waals surface area contributed by atoms with Gasteiger partial charge in [0.05, 0.1) is 6.20 Å². The summed E-state index contributed by atoms with van der Waals surface area (Å²) in [6, 6.07) is 13.4. The molecule has 1 fully saturated rings. The molecule has 2 aromatic carbocycles. The average molecular weight is 652 g/mol. The van der Waals surface area contributed by atoms with E-state index in [1.807, 2.05) is 4.90 Å². The maximum absolute atomic E-state index is 13.4. The first-order valence-corrected chi connectivity index (χ1v) is 15.3. The van der Waals surface area contributed by atoms with Gasteiger partial charge in [0.1, 0.15) is 27.0 Å². The minimum atomic E-state index is -3.09. The summed E-state index contributed by atoms with van der Waals surface area (Å²) in [7, 11) is 4.11. The molecule has 10 nitrogen and oxygen atoms in total. The van der Waals surface area contributed by atoms with Gasteiger partial charge in [0.25, 0.3) is 11.8 Å². The van der Waals surface area contributed by atoms with Crippen LogP contribution in [-0.2, 0) is 0 Å². The maximum atomic E-state index is 13.4. The fourth-order valence-corrected chi connectivity index (χ4v) is 6.43. The summed E-state index contributed by atoms with van der Waals surface area (Å²) in [6.07, 6.45) is 6.43. The summed E-state index contributed by atoms with van der Waals surface area (Å²) in [5.41, 5.74) is 2.14. The smallest absolute Gasteiger partial charge is 0.387 e. The Morgan fingerprint density at radius 2 is 1.89 bits per heavy atom. The summed E-state index contributed by atoms with van der Waals surface area (Å²) < 4.78 is 32.9. The Hall–Kier alpha value is -4.46. The molecule has 0 unspecified atom stereocenters. The molecule has 1 aliphatic rings. The van der Waals surface area contributed by atoms with E-state index >= 15 is 0 Å². The molecule has 0 atom stereocenters. The van der Waals surface area contributed by atoms with Crippen LogP contribution in [-0.4, -0.2) is 81.0 Å². The lowest BCUT2D eigenvalue weighted by Crippen LogP contribution is -2.44. The minimum absolute atomic E-state index is 0.0405. The van der Waals surface area contributed by atoms with Gasteiger partial charge in [0, 0.05) is 53.2 Å². The largest absolute Gasteiger partial charge is 0.434 e. The topological polar surface area (TPSA) is 105 Å². The third-order valence-electron chi connectivity index (χ3n) is 7.65. The molecule has 1 saturated heterocycles. The number of aromatic nitrogens is 4. The zero-order valence-corrected chi connectivity index (χ0v) is 25.9. The van der Waals surface area contributed by atoms with Crippen LogP contribution in [0.3, 0.4) is 0 Å². The highest BCUT2D eigenvalue weighted by atomic mass is 35.5. The fraction of sp³-hybridized carbons (Fsp3) is 0.258. The van der Waals surface area contributed by atoms with E-state index in [0.717, 1.165) is 24.2 Å². The van der Waals surface area contributed by atoms with Crippen LogP contribution in [0.25, 0.3) is 27.5 Å². The lowest BCUT2D eigenvalue weighted by Gasteiger charge is -2.35. The molecule has 232 valence electrons. The van der Waals surface area contributed by atoms with Crippen LogP contribution in [0.2, 0.25) is 5.02 Å². The number of halogens is 3. The van der Waals surface area contributed by atoms with Gasteiger partial charge in [0.15, 0.2) is 5.65 Å². The number of anilines is 1. The minimum Gasteiger partial charge on any atom is -0.434 e. The molecule has 0 saturated carbocycles. The van der Waals surface area contributed by atoms with Gasteiger partial charge in [-0.3, -0.25) is 9.59 Å². The number of piperidine rings is 1. The highest BCUT2D eigenvalue weighted by molar-refractivity contribution is 7.19. The van der Waals surface area contributed by atoms with Crippen molar-refractivity contribution in [2.75, 3.05) is 32.5 Å². The van der Waals surface area contributed by atoms with Crippen LogP contribution >= 0.6 is 22.9 Å². The van der Waals surface area contributed by atoms with Crippen LogP contribution < -0.4 is 10.1 Å². The van der Waals surface area contributed by atoms with E-state index in [-0.39, 0.29) is 38.5 Å². The second-order valence-electron chi connectivity index (χ2n) is 10.7. The SMILES string of the molecule is CN(C)C1CCN(C(=O)c2ccc(-c3nc(-c4cc(Cl)ccc4OC(F)F)c(NC(=O)c4cnn5cccnc45)s3)cc2)CC1. The number of hydrogen-bond acceptors (Lipinski definition) is 8. The van der Waals surface area contributed by atoms with E-state index in [1.54, 1.807) is 42.7 Å². The quantitative estimate of drug-likeness (QED) is 0.213. The number of carbonyl (C=O) groups is 2. The van der Waals surface area contributed by atoms with Crippen LogP contribution in [0, 0.1) is 0 Å². The second-order valence-corrected chi connectivity index (χ2v) is 12.1. The Balaban J connectivity index is 1.33. The fourth-order valence-electron chi connectivity index (χ4n) is 5.28. The van der Waals surface area contributed by atoms with Crippen molar-refractivity contribution in [1.82, 2.24) is 29.4 Å². The Kier molecular flexibility index (Phi) is 8.74. The summed E-state index contributed by atoms with van der Waals surface area (Å²) in [6.45, 7) is -1.72. The monoisotopic (exact) mass is 651 g/mol. The summed E-state index contributed by atoms with van der Waals surface area (Å²) in [5.74, 6) is -0.711. The number of ether oxygens (including phenoxy) is 1. The first kappa shape index (κ1) is 30.6. The van der Waals surface area contributed by atoms with E-state index in [0.29, 0.717) is 40.9 Å². The average Bonchev–Trinajstić information content (AvgIpc) is 3.66. The van der Waals surface area contributed by atoms with Gasteiger partial charge in [-0.1, -0.05) is 35.1 Å². The number of likely N-dealkylation sites (tertiary alicyclic amines) is 1. The summed E-state index contributed by atoms with van der Waals surface area (Å²) >= 11 is 7.39. The number of hydrogen-bond donors (Lipinski definition) is 1. The molecule has 4 heterocycles. The van der Waals surface area contributed by atoms with E-state index in [4.69, 9.17) is 21.3 Å². The normalized spacial score (nSPS) is 14.0. The Bertz CT molecular complexity index is 1850. The molecule has 1 aliphatic heterocycles. The summed E-state index contributed by atoms with van der Waals surface area (Å²) in [5, 5.41) is 8.04. The molecular weight excluding hydrogens is 624 g/mol. The molecule has 1 N–H and O–H groups in total. The second kappa shape index (κ2) is 12.9. The highest BCUT2D eigenvalue weighted by Gasteiger charge is 2.26. The number of nitrogens with one attached hydrogen (secondary N) is 1. The summed E-state index contributed by atoms with van der Waals surface area (Å²) in [4.78, 5) is 39.7. The molecule has 2 amide bonds. The van der Waals surface area contributed by atoms with E-state index < -0.39 is 12.5 Å². The third kappa shape index (κ3) is 6.51. The maximum Gasteiger partial charge on any atom is 0.387 e. The van der Waals surface area contributed by atoms with Crippen molar-refractivity contribution in [3.05, 3.63) is 83.3 Å². The van der Waals surface area contributed by atoms with Crippen LogP contribution in [0.1, 0.15) is 33.6 Å². The van der Waals surface area contributed by atoms with E-state index in [9.17, 15) is 18.4 Å². The zero-order chi connectivity index (χ0) is 31.7. The van der Waals surface area contributed by atoms with Gasteiger partial charge in [-0.05, 0) is 63.3 Å². The number of thiazole rings is 1. The van der Waals surface area contributed by atoms with Crippen molar-refractivity contribution in [2.45, 2.75) is 25.5 Å². The number of benzene rings is 2. The molecule has 0 spiro atoms. The lowest BCUT2D eigenvalue weighted by molar-refractivity contribution is -0.0494. The molecule has 0 bridgehead atoms. The molecule has 6 rings (SSSR count). The molecular formula is C31H28ClF2N7O3S. The molecule has 14 heteroatoms. The first-order valence-electron chi connectivity index (χ1n) is 14.1. The van der Waals surface area contributed by atoms with Crippen LogP contribution in [0.4, 0.5) is 13.8 Å². The Morgan fingerprint density at radius 1 is 1.13 bits per heavy atom. The standard InChI is InChI=1S/C31H28ClF2N7O3S/c1-39(2)21-10-14-40(15-11-21)30(43)19-6-4-18(5-7-19)28-37-25(22-16-20(32)8-9-24(22)44-31(33)34)29(45-28)38-27(42)23-17-36-41-13-3-12-35-26(23)41/h3-9,12-13,16-17,21,31H,10-11,14-15H2,1-2H3,(H,38,42). The van der Waals surface area contributed by atoms with Crippen LogP contribution in [0.5, 0.6) is 5.75 Å². The van der Waals surface area contributed by atoms with Crippen molar-refractivity contribution in [2.24, 2.45) is 0 Å². The Labute approximate surface area is 266 Å². The van der Waals surface area contributed by atoms with Crippen molar-refractivity contribution in [1.29, 1.82) is 0 Å². The molecule has 5 aromatic rings. The molecule has 3 aromatic heterocycles. The van der Waals surface area contributed by atoms with Gasteiger partial charge in [-0.2, -0.15) is 13.9 Å². The number of amides is 2. The van der Waals surface area contributed by atoms with Crippen molar-refractivity contribution >= 4 is 45.4 Å². The van der Waals surface area contributed by atoms with E-state index in [2.05, 4.69) is 34.4 Å². The van der Waals surface area contributed by atoms with Gasteiger partial charge in [-0.15, -0.1) is 0 Å². The number of nitrogens with zero attached hydrogens (tertiary/aromatic N) is 6. The predicted molar refractivity (Wildman–Crippen MR) is 168 cm³/mol. The molecule has 0 radical (unpaired) electrons. The van der Waals surface area contributed by atoms with Gasteiger partial charge >= 0.3 is 6.61 Å². The van der Waals surface area contributed by atoms with Gasteiger partial charge in [0.2, 0.25) is 0 Å². The van der Waals surface area contributed by atoms with E-state index in [1.165, 1.54) is 28.9 Å². The molecule has 0 aliphatic carbocycles. The van der Waals surface area contributed by atoms with Gasteiger partial charge in [-0.25, -0.2) is 14.5 Å². The zero-order valence-electron chi connectivity index (χ0n) is 24.3. The Morgan fingerprint density at radius 3 is 2.60 bits per heavy atom. The van der Waals surface area contributed by atoms with Gasteiger partial charge < -0.3 is 19.9 Å². The highest BCUT2D eigenvalue weighted by Crippen LogP contribution is 2.43. The van der Waals surface area contributed by atoms with Crippen molar-refractivity contribution in [3.8, 4) is 27.6 Å². The third-order valence-corrected chi connectivity index (χ3v) is 8.91. The van der Waals surface area contributed by atoms with Crippen LogP contribution in [0.15, 0.2) is 67.1 Å². The predicted octanol–water partition coefficient (Wildman–Crippen LogP) is 6.19. The lowest BCUT2D eigenvalue weighted by atomic mass is 10.0. The van der Waals surface area contributed by atoms with Crippen molar-refractivity contribution in [3.63, 3.8) is 0 Å².